The average molecular weight is 226 g/mol. The Kier molecular flexibility index (Phi) is 5.26. The molecular formula is C14H30N2. The SMILES string of the molecule is CC(C)(CCN)CCCNC1(C)CCCC1. The minimum absolute atomic E-state index is 0.424. The normalized spacial score (nSPS) is 20.2. The fraction of sp³-hybridized carbons (Fsp3) is 1.00. The molecular weight excluding hydrogens is 196 g/mol. The van der Waals surface area contributed by atoms with Crippen molar-refractivity contribution in [3.63, 3.8) is 0 Å². The van der Waals surface area contributed by atoms with Crippen LogP contribution in [0.15, 0.2) is 0 Å². The monoisotopic (exact) mass is 226 g/mol. The Balaban J connectivity index is 2.11. The number of nitrogens with one attached hydrogen (secondary N) is 1. The molecule has 0 bridgehead atoms. The molecule has 0 saturated heterocycles. The third-order valence-electron chi connectivity index (χ3n) is 4.11. The highest BCUT2D eigenvalue weighted by Gasteiger charge is 2.27. The van der Waals surface area contributed by atoms with Crippen LogP contribution in [-0.4, -0.2) is 18.6 Å². The number of hydrogen-bond acceptors (Lipinski definition) is 2. The van der Waals surface area contributed by atoms with Crippen LogP contribution in [0.1, 0.15) is 65.7 Å². The molecule has 1 saturated carbocycles. The smallest absolute Gasteiger partial charge is 0.0153 e. The van der Waals surface area contributed by atoms with Crippen LogP contribution >= 0.6 is 0 Å². The summed E-state index contributed by atoms with van der Waals surface area (Å²) < 4.78 is 0. The van der Waals surface area contributed by atoms with Gasteiger partial charge in [-0.3, -0.25) is 0 Å². The van der Waals surface area contributed by atoms with Gasteiger partial charge in [-0.05, 0) is 57.5 Å². The zero-order chi connectivity index (χ0) is 12.1. The lowest BCUT2D eigenvalue weighted by atomic mass is 9.84. The van der Waals surface area contributed by atoms with Crippen LogP contribution in [0.4, 0.5) is 0 Å². The van der Waals surface area contributed by atoms with Crippen molar-refractivity contribution in [1.29, 1.82) is 0 Å². The first-order valence-electron chi connectivity index (χ1n) is 6.93. The molecule has 16 heavy (non-hydrogen) atoms. The lowest BCUT2D eigenvalue weighted by Gasteiger charge is -2.28. The third-order valence-corrected chi connectivity index (χ3v) is 4.11. The van der Waals surface area contributed by atoms with Gasteiger partial charge < -0.3 is 11.1 Å². The number of hydrogen-bond donors (Lipinski definition) is 2. The van der Waals surface area contributed by atoms with Crippen LogP contribution in [0, 0.1) is 5.41 Å². The highest BCUT2D eigenvalue weighted by atomic mass is 15.0. The van der Waals surface area contributed by atoms with Gasteiger partial charge in [0.1, 0.15) is 0 Å². The fourth-order valence-electron chi connectivity index (χ4n) is 2.80. The molecule has 0 aromatic heterocycles. The molecule has 96 valence electrons. The average Bonchev–Trinajstić information content (AvgIpc) is 2.61. The Labute approximate surface area is 101 Å². The summed E-state index contributed by atoms with van der Waals surface area (Å²) in [5.74, 6) is 0. The lowest BCUT2D eigenvalue weighted by Crippen LogP contribution is -2.40. The highest BCUT2D eigenvalue weighted by molar-refractivity contribution is 4.88. The molecule has 0 amide bonds. The fourth-order valence-corrected chi connectivity index (χ4v) is 2.80. The summed E-state index contributed by atoms with van der Waals surface area (Å²) in [5, 5.41) is 3.74. The van der Waals surface area contributed by atoms with Gasteiger partial charge in [0.05, 0.1) is 0 Å². The predicted octanol–water partition coefficient (Wildman–Crippen LogP) is 3.06. The van der Waals surface area contributed by atoms with Crippen molar-refractivity contribution in [3.8, 4) is 0 Å². The molecule has 1 aliphatic rings. The standard InChI is InChI=1S/C14H30N2/c1-13(2,10-11-15)7-6-12-16-14(3)8-4-5-9-14/h16H,4-12,15H2,1-3H3. The van der Waals surface area contributed by atoms with E-state index in [1.165, 1.54) is 45.1 Å². The van der Waals surface area contributed by atoms with E-state index in [1.54, 1.807) is 0 Å². The molecule has 0 unspecified atom stereocenters. The largest absolute Gasteiger partial charge is 0.330 e. The van der Waals surface area contributed by atoms with Gasteiger partial charge in [0, 0.05) is 5.54 Å². The van der Waals surface area contributed by atoms with Crippen LogP contribution < -0.4 is 11.1 Å². The topological polar surface area (TPSA) is 38.0 Å². The highest BCUT2D eigenvalue weighted by Crippen LogP contribution is 2.29. The van der Waals surface area contributed by atoms with Crippen molar-refractivity contribution in [2.75, 3.05) is 13.1 Å². The van der Waals surface area contributed by atoms with E-state index in [9.17, 15) is 0 Å². The second-order valence-corrected chi connectivity index (χ2v) is 6.50. The van der Waals surface area contributed by atoms with Crippen molar-refractivity contribution in [3.05, 3.63) is 0 Å². The minimum atomic E-state index is 0.424. The van der Waals surface area contributed by atoms with Crippen LogP contribution in [0.3, 0.4) is 0 Å². The second kappa shape index (κ2) is 6.02. The molecule has 2 nitrogen and oxygen atoms in total. The van der Waals surface area contributed by atoms with E-state index in [0.717, 1.165) is 13.0 Å². The first-order chi connectivity index (χ1) is 7.47. The van der Waals surface area contributed by atoms with E-state index in [1.807, 2.05) is 0 Å². The van der Waals surface area contributed by atoms with E-state index in [-0.39, 0.29) is 0 Å². The quantitative estimate of drug-likeness (QED) is 0.655. The Hall–Kier alpha value is -0.0800. The van der Waals surface area contributed by atoms with Crippen molar-refractivity contribution in [2.24, 2.45) is 11.1 Å². The Morgan fingerprint density at radius 3 is 2.38 bits per heavy atom. The summed E-state index contributed by atoms with van der Waals surface area (Å²) in [6.45, 7) is 9.03. The van der Waals surface area contributed by atoms with Crippen molar-refractivity contribution >= 4 is 0 Å². The molecule has 0 aliphatic heterocycles. The van der Waals surface area contributed by atoms with Crippen LogP contribution in [0.5, 0.6) is 0 Å². The van der Waals surface area contributed by atoms with Gasteiger partial charge in [-0.25, -0.2) is 0 Å². The van der Waals surface area contributed by atoms with Gasteiger partial charge in [-0.2, -0.15) is 0 Å². The maximum absolute atomic E-state index is 5.62. The van der Waals surface area contributed by atoms with E-state index in [0.29, 0.717) is 11.0 Å². The summed E-state index contributed by atoms with van der Waals surface area (Å²) in [6.07, 6.45) is 9.24. The van der Waals surface area contributed by atoms with Gasteiger partial charge in [0.2, 0.25) is 0 Å². The Morgan fingerprint density at radius 2 is 1.81 bits per heavy atom. The van der Waals surface area contributed by atoms with Crippen LogP contribution in [0.25, 0.3) is 0 Å². The molecule has 0 spiro atoms. The van der Waals surface area contributed by atoms with Crippen molar-refractivity contribution in [1.82, 2.24) is 5.32 Å². The number of nitrogens with two attached hydrogens (primary N) is 1. The summed E-state index contributed by atoms with van der Waals surface area (Å²) in [6, 6.07) is 0. The number of rotatable bonds is 7. The molecule has 1 aliphatic carbocycles. The summed E-state index contributed by atoms with van der Waals surface area (Å²) in [4.78, 5) is 0. The molecule has 0 aromatic rings. The van der Waals surface area contributed by atoms with E-state index >= 15 is 0 Å². The van der Waals surface area contributed by atoms with E-state index < -0.39 is 0 Å². The van der Waals surface area contributed by atoms with Crippen LogP contribution in [0.2, 0.25) is 0 Å². The maximum atomic E-state index is 5.62. The predicted molar refractivity (Wildman–Crippen MR) is 71.6 cm³/mol. The molecule has 1 fully saturated rings. The maximum Gasteiger partial charge on any atom is 0.0153 e. The summed E-state index contributed by atoms with van der Waals surface area (Å²) in [5.41, 5.74) is 6.49. The zero-order valence-electron chi connectivity index (χ0n) is 11.4. The van der Waals surface area contributed by atoms with Gasteiger partial charge in [0.25, 0.3) is 0 Å². The lowest BCUT2D eigenvalue weighted by molar-refractivity contribution is 0.287. The van der Waals surface area contributed by atoms with Gasteiger partial charge >= 0.3 is 0 Å². The molecule has 0 heterocycles. The Morgan fingerprint density at radius 1 is 1.19 bits per heavy atom. The third kappa shape index (κ3) is 4.84. The van der Waals surface area contributed by atoms with E-state index in [2.05, 4.69) is 26.1 Å². The molecule has 0 radical (unpaired) electrons. The molecule has 0 atom stereocenters. The van der Waals surface area contributed by atoms with E-state index in [4.69, 9.17) is 5.73 Å². The van der Waals surface area contributed by atoms with Gasteiger partial charge in [-0.15, -0.1) is 0 Å². The Bertz CT molecular complexity index is 193. The summed E-state index contributed by atoms with van der Waals surface area (Å²) >= 11 is 0. The van der Waals surface area contributed by atoms with Crippen LogP contribution in [-0.2, 0) is 0 Å². The van der Waals surface area contributed by atoms with Crippen molar-refractivity contribution in [2.45, 2.75) is 71.3 Å². The first kappa shape index (κ1) is 14.0. The van der Waals surface area contributed by atoms with Gasteiger partial charge in [-0.1, -0.05) is 26.7 Å². The van der Waals surface area contributed by atoms with Crippen molar-refractivity contribution < 1.29 is 0 Å². The molecule has 0 aromatic carbocycles. The summed E-state index contributed by atoms with van der Waals surface area (Å²) in [7, 11) is 0. The first-order valence-corrected chi connectivity index (χ1v) is 6.93. The minimum Gasteiger partial charge on any atom is -0.330 e. The van der Waals surface area contributed by atoms with Gasteiger partial charge in [0.15, 0.2) is 0 Å². The molecule has 2 heteroatoms. The second-order valence-electron chi connectivity index (χ2n) is 6.50. The zero-order valence-corrected chi connectivity index (χ0v) is 11.4. The molecule has 1 rings (SSSR count). The molecule has 3 N–H and O–H groups in total.